The quantitative estimate of drug-likeness (QED) is 0.309. The molecule has 9 heteroatoms. The summed E-state index contributed by atoms with van der Waals surface area (Å²) in [4.78, 5) is 37.7. The van der Waals surface area contributed by atoms with Gasteiger partial charge in [-0.15, -0.1) is 6.58 Å². The number of rotatable bonds is 9. The van der Waals surface area contributed by atoms with Crippen molar-refractivity contribution in [1.29, 1.82) is 0 Å². The van der Waals surface area contributed by atoms with Crippen LogP contribution >= 0.6 is 15.9 Å². The van der Waals surface area contributed by atoms with Crippen molar-refractivity contribution < 1.29 is 23.9 Å². The smallest absolute Gasteiger partial charge is 0.329 e. The second-order valence-electron chi connectivity index (χ2n) is 6.66. The number of imide groups is 1. The van der Waals surface area contributed by atoms with Crippen molar-refractivity contribution in [2.75, 3.05) is 25.1 Å². The van der Waals surface area contributed by atoms with Gasteiger partial charge in [-0.25, -0.2) is 4.79 Å². The zero-order valence-corrected chi connectivity index (χ0v) is 19.0. The van der Waals surface area contributed by atoms with Gasteiger partial charge in [-0.1, -0.05) is 24.3 Å². The van der Waals surface area contributed by atoms with E-state index in [1.165, 1.54) is 6.08 Å². The van der Waals surface area contributed by atoms with Crippen molar-refractivity contribution in [3.63, 3.8) is 0 Å². The summed E-state index contributed by atoms with van der Waals surface area (Å²) < 4.78 is 11.9. The molecule has 0 radical (unpaired) electrons. The Balaban J connectivity index is 1.77. The lowest BCUT2D eigenvalue weighted by Gasteiger charge is -2.15. The van der Waals surface area contributed by atoms with Gasteiger partial charge in [0.25, 0.3) is 11.8 Å². The van der Waals surface area contributed by atoms with Crippen LogP contribution in [0, 0.1) is 0 Å². The molecule has 3 rings (SSSR count). The first-order chi connectivity index (χ1) is 15.4. The van der Waals surface area contributed by atoms with E-state index in [4.69, 9.17) is 9.47 Å². The summed E-state index contributed by atoms with van der Waals surface area (Å²) in [5.74, 6) is -0.0200. The number of para-hydroxylation sites is 1. The van der Waals surface area contributed by atoms with Crippen molar-refractivity contribution >= 4 is 45.5 Å². The van der Waals surface area contributed by atoms with E-state index in [2.05, 4.69) is 33.1 Å². The van der Waals surface area contributed by atoms with Crippen molar-refractivity contribution in [3.8, 4) is 11.5 Å². The van der Waals surface area contributed by atoms with Gasteiger partial charge < -0.3 is 20.1 Å². The molecule has 1 heterocycles. The van der Waals surface area contributed by atoms with Crippen molar-refractivity contribution in [1.82, 2.24) is 10.2 Å². The van der Waals surface area contributed by atoms with Gasteiger partial charge in [-0.3, -0.25) is 14.5 Å². The molecule has 0 bridgehead atoms. The molecule has 1 aliphatic heterocycles. The normalized spacial score (nSPS) is 14.3. The number of hydrogen-bond donors (Lipinski definition) is 2. The third-order valence-corrected chi connectivity index (χ3v) is 4.91. The lowest BCUT2D eigenvalue weighted by Crippen LogP contribution is -2.30. The molecule has 4 amide bonds. The third-order valence-electron chi connectivity index (χ3n) is 4.32. The largest absolute Gasteiger partial charge is 0.490 e. The Morgan fingerprint density at radius 1 is 1.22 bits per heavy atom. The van der Waals surface area contributed by atoms with Gasteiger partial charge in [0.1, 0.15) is 5.70 Å². The van der Waals surface area contributed by atoms with Crippen LogP contribution in [-0.4, -0.2) is 42.5 Å². The number of hydrogen-bond acceptors (Lipinski definition) is 5. The molecule has 0 aliphatic carbocycles. The highest BCUT2D eigenvalue weighted by molar-refractivity contribution is 9.10. The van der Waals surface area contributed by atoms with Gasteiger partial charge in [-0.2, -0.15) is 0 Å². The van der Waals surface area contributed by atoms with Crippen LogP contribution in [0.5, 0.6) is 11.5 Å². The summed E-state index contributed by atoms with van der Waals surface area (Å²) >= 11 is 3.44. The molecule has 2 N–H and O–H groups in total. The van der Waals surface area contributed by atoms with Crippen LogP contribution in [0.2, 0.25) is 0 Å². The van der Waals surface area contributed by atoms with E-state index in [0.29, 0.717) is 33.8 Å². The summed E-state index contributed by atoms with van der Waals surface area (Å²) in [6.45, 7) is 5.63. The summed E-state index contributed by atoms with van der Waals surface area (Å²) in [6.07, 6.45) is 3.02. The van der Waals surface area contributed by atoms with E-state index < -0.39 is 11.9 Å². The Labute approximate surface area is 194 Å². The molecule has 1 aliphatic rings. The number of halogens is 1. The van der Waals surface area contributed by atoms with E-state index in [0.717, 1.165) is 4.90 Å². The zero-order valence-electron chi connectivity index (χ0n) is 17.4. The first kappa shape index (κ1) is 23.1. The summed E-state index contributed by atoms with van der Waals surface area (Å²) in [5, 5.41) is 5.29. The van der Waals surface area contributed by atoms with Crippen molar-refractivity contribution in [2.24, 2.45) is 0 Å². The van der Waals surface area contributed by atoms with E-state index in [1.807, 2.05) is 25.1 Å². The molecule has 1 fully saturated rings. The molecule has 2 aromatic carbocycles. The topological polar surface area (TPSA) is 97.0 Å². The van der Waals surface area contributed by atoms with E-state index in [9.17, 15) is 14.4 Å². The summed E-state index contributed by atoms with van der Waals surface area (Å²) in [7, 11) is 0. The molecule has 0 aromatic heterocycles. The molecule has 8 nitrogen and oxygen atoms in total. The fourth-order valence-corrected chi connectivity index (χ4v) is 3.54. The van der Waals surface area contributed by atoms with E-state index >= 15 is 0 Å². The monoisotopic (exact) mass is 499 g/mol. The maximum atomic E-state index is 12.4. The van der Waals surface area contributed by atoms with Crippen LogP contribution in [0.4, 0.5) is 10.5 Å². The average molecular weight is 500 g/mol. The Morgan fingerprint density at radius 2 is 1.97 bits per heavy atom. The maximum Gasteiger partial charge on any atom is 0.329 e. The molecule has 2 aromatic rings. The number of anilines is 1. The average Bonchev–Trinajstić information content (AvgIpc) is 3.02. The Bertz CT molecular complexity index is 1070. The highest BCUT2D eigenvalue weighted by Gasteiger charge is 2.32. The lowest BCUT2D eigenvalue weighted by molar-refractivity contribution is -0.122. The second kappa shape index (κ2) is 10.6. The molecule has 1 saturated heterocycles. The second-order valence-corrected chi connectivity index (χ2v) is 7.51. The van der Waals surface area contributed by atoms with Gasteiger partial charge in [0.05, 0.1) is 11.1 Å². The maximum absolute atomic E-state index is 12.4. The summed E-state index contributed by atoms with van der Waals surface area (Å²) in [5.41, 5.74) is 1.41. The minimum absolute atomic E-state index is 0.119. The van der Waals surface area contributed by atoms with Crippen LogP contribution in [-0.2, 0) is 9.59 Å². The number of urea groups is 1. The minimum atomic E-state index is -0.505. The molecular weight excluding hydrogens is 478 g/mol. The number of carbonyl (C=O) groups is 3. The number of nitrogens with zero attached hydrogens (tertiary/aromatic N) is 1. The van der Waals surface area contributed by atoms with E-state index in [1.54, 1.807) is 30.3 Å². The Kier molecular flexibility index (Phi) is 7.67. The van der Waals surface area contributed by atoms with Crippen LogP contribution < -0.4 is 20.1 Å². The fourth-order valence-electron chi connectivity index (χ4n) is 2.96. The first-order valence-electron chi connectivity index (χ1n) is 9.82. The number of amides is 4. The number of ether oxygens (including phenoxy) is 2. The van der Waals surface area contributed by atoms with Gasteiger partial charge >= 0.3 is 6.03 Å². The molecule has 0 saturated carbocycles. The molecule has 0 atom stereocenters. The van der Waals surface area contributed by atoms with Gasteiger partial charge in [0.2, 0.25) is 0 Å². The first-order valence-corrected chi connectivity index (χ1v) is 10.6. The third kappa shape index (κ3) is 5.55. The highest BCUT2D eigenvalue weighted by Crippen LogP contribution is 2.37. The molecular formula is C23H22BrN3O5. The van der Waals surface area contributed by atoms with Crippen molar-refractivity contribution in [2.45, 2.75) is 6.92 Å². The van der Waals surface area contributed by atoms with Crippen molar-refractivity contribution in [3.05, 3.63) is 70.9 Å². The van der Waals surface area contributed by atoms with Gasteiger partial charge in [-0.05, 0) is 58.8 Å². The molecule has 0 unspecified atom stereocenters. The van der Waals surface area contributed by atoms with Gasteiger partial charge in [0.15, 0.2) is 18.1 Å². The molecule has 0 spiro atoms. The predicted molar refractivity (Wildman–Crippen MR) is 124 cm³/mol. The standard InChI is InChI=1S/C23H22BrN3O5/c1-3-10-27-22(29)18(26-23(27)30)12-15-11-17(24)21(19(13-15)31-4-2)32-14-20(28)25-16-8-6-5-7-9-16/h3,5-9,11-13H,1,4,10,14H2,2H3,(H,25,28)(H,26,30)/b18-12+. The van der Waals surface area contributed by atoms with Crippen LogP contribution in [0.3, 0.4) is 0 Å². The lowest BCUT2D eigenvalue weighted by atomic mass is 10.1. The number of nitrogens with one attached hydrogen (secondary N) is 2. The van der Waals surface area contributed by atoms with Crippen LogP contribution in [0.15, 0.2) is 65.3 Å². The Morgan fingerprint density at radius 3 is 2.66 bits per heavy atom. The number of carbonyl (C=O) groups excluding carboxylic acids is 3. The fraction of sp³-hybridized carbons (Fsp3) is 0.174. The van der Waals surface area contributed by atoms with Gasteiger partial charge in [0, 0.05) is 12.2 Å². The SMILES string of the molecule is C=CCN1C(=O)N/C(=C/c2cc(Br)c(OCC(=O)Nc3ccccc3)c(OCC)c2)C1=O. The highest BCUT2D eigenvalue weighted by atomic mass is 79.9. The number of benzene rings is 2. The summed E-state index contributed by atoms with van der Waals surface area (Å²) in [6, 6.07) is 11.9. The zero-order chi connectivity index (χ0) is 23.1. The molecule has 166 valence electrons. The van der Waals surface area contributed by atoms with Crippen LogP contribution in [0.25, 0.3) is 6.08 Å². The van der Waals surface area contributed by atoms with E-state index in [-0.39, 0.29) is 24.8 Å². The predicted octanol–water partition coefficient (Wildman–Crippen LogP) is 3.94. The Hall–Kier alpha value is -3.59. The molecule has 32 heavy (non-hydrogen) atoms. The minimum Gasteiger partial charge on any atom is -0.490 e. The van der Waals surface area contributed by atoms with Crippen LogP contribution in [0.1, 0.15) is 12.5 Å².